The minimum atomic E-state index is -0.911. The van der Waals surface area contributed by atoms with Gasteiger partial charge in [0.25, 0.3) is 5.91 Å². The van der Waals surface area contributed by atoms with Crippen molar-refractivity contribution >= 4 is 23.5 Å². The van der Waals surface area contributed by atoms with Gasteiger partial charge in [0.05, 0.1) is 25.9 Å². The van der Waals surface area contributed by atoms with E-state index in [-0.39, 0.29) is 11.9 Å². The third-order valence-corrected chi connectivity index (χ3v) is 6.53. The van der Waals surface area contributed by atoms with Crippen molar-refractivity contribution in [2.45, 2.75) is 43.4 Å². The fourth-order valence-corrected chi connectivity index (χ4v) is 4.92. The quantitative estimate of drug-likeness (QED) is 0.503. The molecule has 1 aromatic carbocycles. The van der Waals surface area contributed by atoms with E-state index in [1.54, 1.807) is 18.1 Å². The first kappa shape index (κ1) is 21.4. The molecule has 9 heteroatoms. The van der Waals surface area contributed by atoms with Crippen LogP contribution in [0, 0.1) is 0 Å². The Hall–Kier alpha value is -1.87. The lowest BCUT2D eigenvalue weighted by Crippen LogP contribution is -2.55. The lowest BCUT2D eigenvalue weighted by Gasteiger charge is -2.38. The number of carbonyl (C=O) groups excluding carboxylic acids is 2. The summed E-state index contributed by atoms with van der Waals surface area (Å²) < 4.78 is 17.6. The van der Waals surface area contributed by atoms with Crippen LogP contribution in [0.15, 0.2) is 18.2 Å². The van der Waals surface area contributed by atoms with Gasteiger partial charge in [-0.25, -0.2) is 4.79 Å². The molecule has 3 aliphatic heterocycles. The molecule has 3 heterocycles. The Morgan fingerprint density at radius 2 is 1.90 bits per heavy atom. The summed E-state index contributed by atoms with van der Waals surface area (Å²) >= 11 is 6.22. The molecular weight excluding hydrogens is 410 g/mol. The molecule has 2 N–H and O–H groups in total. The number of nitrogens with zero attached hydrogens (tertiary/aromatic N) is 1. The number of rotatable bonds is 7. The number of carbonyl (C=O) groups is 2. The van der Waals surface area contributed by atoms with Gasteiger partial charge in [-0.3, -0.25) is 10.1 Å². The Bertz CT molecular complexity index is 806. The number of unbranched alkanes of at least 4 members (excludes halogenated alkanes) is 1. The average Bonchev–Trinajstić information content (AvgIpc) is 3.31. The van der Waals surface area contributed by atoms with Gasteiger partial charge in [-0.2, -0.15) is 0 Å². The molecule has 0 atom stereocenters. The number of ether oxygens (including phenoxy) is 3. The summed E-state index contributed by atoms with van der Waals surface area (Å²) in [5, 5.41) is 6.35. The Balaban J connectivity index is 1.43. The van der Waals surface area contributed by atoms with Gasteiger partial charge in [-0.1, -0.05) is 11.6 Å². The second kappa shape index (κ2) is 8.70. The molecule has 30 heavy (non-hydrogen) atoms. The maximum Gasteiger partial charge on any atom is 0.325 e. The molecule has 0 unspecified atom stereocenters. The highest BCUT2D eigenvalue weighted by molar-refractivity contribution is 6.30. The van der Waals surface area contributed by atoms with Crippen LogP contribution in [-0.4, -0.2) is 62.3 Å². The van der Waals surface area contributed by atoms with Crippen LogP contribution in [0.1, 0.15) is 37.7 Å². The van der Waals surface area contributed by atoms with Crippen LogP contribution in [0.5, 0.6) is 5.75 Å². The molecule has 164 valence electrons. The van der Waals surface area contributed by atoms with Crippen LogP contribution >= 0.6 is 11.6 Å². The molecule has 1 spiro atoms. The Morgan fingerprint density at radius 3 is 2.60 bits per heavy atom. The van der Waals surface area contributed by atoms with E-state index in [1.165, 1.54) is 0 Å². The van der Waals surface area contributed by atoms with Gasteiger partial charge >= 0.3 is 6.03 Å². The largest absolute Gasteiger partial charge is 0.496 e. The average molecular weight is 438 g/mol. The second-order valence-electron chi connectivity index (χ2n) is 7.94. The van der Waals surface area contributed by atoms with Crippen LogP contribution in [0.25, 0.3) is 0 Å². The zero-order valence-electron chi connectivity index (χ0n) is 17.2. The molecule has 8 nitrogen and oxygen atoms in total. The van der Waals surface area contributed by atoms with E-state index in [9.17, 15) is 9.59 Å². The van der Waals surface area contributed by atoms with Crippen LogP contribution < -0.4 is 15.4 Å². The SMILES string of the molecule is COc1ccc(Cl)cc1C1(CCCCN2C(=O)NC(=O)C23CCNCC3)OCCO1. The van der Waals surface area contributed by atoms with Crippen molar-refractivity contribution in [2.75, 3.05) is 40.0 Å². The summed E-state index contributed by atoms with van der Waals surface area (Å²) in [6.07, 6.45) is 3.36. The molecule has 3 saturated heterocycles. The highest BCUT2D eigenvalue weighted by Gasteiger charge is 2.52. The normalized spacial score (nSPS) is 22.5. The molecule has 0 aromatic heterocycles. The predicted molar refractivity (Wildman–Crippen MR) is 111 cm³/mol. The molecule has 1 aromatic rings. The topological polar surface area (TPSA) is 89.1 Å². The molecule has 0 radical (unpaired) electrons. The van der Waals surface area contributed by atoms with Gasteiger partial charge in [-0.05, 0) is 57.0 Å². The van der Waals surface area contributed by atoms with Crippen molar-refractivity contribution < 1.29 is 23.8 Å². The minimum Gasteiger partial charge on any atom is -0.496 e. The van der Waals surface area contributed by atoms with Crippen LogP contribution in [0.3, 0.4) is 0 Å². The maximum absolute atomic E-state index is 12.5. The number of imide groups is 1. The third-order valence-electron chi connectivity index (χ3n) is 6.30. The summed E-state index contributed by atoms with van der Waals surface area (Å²) in [6, 6.07) is 5.11. The minimum absolute atomic E-state index is 0.170. The first-order chi connectivity index (χ1) is 14.5. The maximum atomic E-state index is 12.5. The van der Waals surface area contributed by atoms with Gasteiger partial charge in [0, 0.05) is 18.0 Å². The van der Waals surface area contributed by atoms with Gasteiger partial charge in [0.1, 0.15) is 11.3 Å². The number of methoxy groups -OCH3 is 1. The second-order valence-corrected chi connectivity index (χ2v) is 8.38. The highest BCUT2D eigenvalue weighted by atomic mass is 35.5. The van der Waals surface area contributed by atoms with Crippen molar-refractivity contribution in [3.05, 3.63) is 28.8 Å². The number of urea groups is 1. The number of benzene rings is 1. The molecule has 4 rings (SSSR count). The van der Waals surface area contributed by atoms with E-state index >= 15 is 0 Å². The van der Waals surface area contributed by atoms with Gasteiger partial charge in [-0.15, -0.1) is 0 Å². The Labute approximate surface area is 181 Å². The standard InChI is InChI=1S/C21H28ClN3O5/c1-28-17-5-4-15(22)14-16(17)21(29-12-13-30-21)6-2-3-11-25-19(27)24-18(26)20(25)7-9-23-10-8-20/h4-5,14,23H,2-3,6-13H2,1H3,(H,24,26,27). The van der Waals surface area contributed by atoms with Crippen LogP contribution in [0.4, 0.5) is 4.79 Å². The lowest BCUT2D eigenvalue weighted by atomic mass is 9.86. The van der Waals surface area contributed by atoms with Crippen LogP contribution in [-0.2, 0) is 20.1 Å². The summed E-state index contributed by atoms with van der Waals surface area (Å²) in [6.45, 7) is 2.97. The third kappa shape index (κ3) is 3.77. The fraction of sp³-hybridized carbons (Fsp3) is 0.619. The molecule has 0 saturated carbocycles. The molecule has 3 aliphatic rings. The van der Waals surface area contributed by atoms with Crippen molar-refractivity contribution in [3.8, 4) is 5.75 Å². The molecule has 0 aliphatic carbocycles. The molecule has 3 fully saturated rings. The zero-order chi connectivity index (χ0) is 21.2. The first-order valence-electron chi connectivity index (χ1n) is 10.5. The summed E-state index contributed by atoms with van der Waals surface area (Å²) in [5.74, 6) is -0.415. The van der Waals surface area contributed by atoms with Crippen molar-refractivity contribution in [3.63, 3.8) is 0 Å². The van der Waals surface area contributed by atoms with E-state index in [2.05, 4.69) is 10.6 Å². The van der Waals surface area contributed by atoms with Gasteiger partial charge in [0.15, 0.2) is 5.79 Å². The monoisotopic (exact) mass is 437 g/mol. The van der Waals surface area contributed by atoms with Crippen LogP contribution in [0.2, 0.25) is 5.02 Å². The summed E-state index contributed by atoms with van der Waals surface area (Å²) in [4.78, 5) is 26.6. The van der Waals surface area contributed by atoms with Crippen molar-refractivity contribution in [1.82, 2.24) is 15.5 Å². The predicted octanol–water partition coefficient (Wildman–Crippen LogP) is 2.39. The lowest BCUT2D eigenvalue weighted by molar-refractivity contribution is -0.172. The van der Waals surface area contributed by atoms with E-state index in [0.29, 0.717) is 49.8 Å². The Morgan fingerprint density at radius 1 is 1.17 bits per heavy atom. The first-order valence-corrected chi connectivity index (χ1v) is 10.8. The van der Waals surface area contributed by atoms with Gasteiger partial charge in [0.2, 0.25) is 0 Å². The number of amides is 3. The van der Waals surface area contributed by atoms with E-state index in [1.807, 2.05) is 12.1 Å². The smallest absolute Gasteiger partial charge is 0.325 e. The molecular formula is C21H28ClN3O5. The number of nitrogens with one attached hydrogen (secondary N) is 2. The number of hydrogen-bond acceptors (Lipinski definition) is 6. The van der Waals surface area contributed by atoms with E-state index in [0.717, 1.165) is 31.5 Å². The van der Waals surface area contributed by atoms with E-state index < -0.39 is 11.3 Å². The molecule has 0 bridgehead atoms. The van der Waals surface area contributed by atoms with Gasteiger partial charge < -0.3 is 24.4 Å². The zero-order valence-corrected chi connectivity index (χ0v) is 17.9. The number of halogens is 1. The fourth-order valence-electron chi connectivity index (χ4n) is 4.75. The Kier molecular flexibility index (Phi) is 6.20. The summed E-state index contributed by atoms with van der Waals surface area (Å²) in [5.41, 5.74) is 0.0650. The molecule has 3 amide bonds. The van der Waals surface area contributed by atoms with Crippen molar-refractivity contribution in [1.29, 1.82) is 0 Å². The highest BCUT2D eigenvalue weighted by Crippen LogP contribution is 2.42. The van der Waals surface area contributed by atoms with E-state index in [4.69, 9.17) is 25.8 Å². The summed E-state index contributed by atoms with van der Waals surface area (Å²) in [7, 11) is 1.61. The number of hydrogen-bond donors (Lipinski definition) is 2. The number of piperidine rings is 1. The van der Waals surface area contributed by atoms with Crippen molar-refractivity contribution in [2.24, 2.45) is 0 Å².